The molecular weight excluding hydrogens is 412 g/mol. The Morgan fingerprint density at radius 1 is 1.09 bits per heavy atom. The van der Waals surface area contributed by atoms with E-state index >= 15 is 0 Å². The molecule has 2 fully saturated rings. The van der Waals surface area contributed by atoms with Crippen LogP contribution in [0.2, 0.25) is 0 Å². The molecule has 1 aromatic carbocycles. The number of nitrogens with zero attached hydrogens (tertiary/aromatic N) is 4. The molecule has 6 heteroatoms. The van der Waals surface area contributed by atoms with Gasteiger partial charge in [0.15, 0.2) is 0 Å². The molecular formula is C27H36N4O2. The van der Waals surface area contributed by atoms with Crippen molar-refractivity contribution in [2.45, 2.75) is 63.7 Å². The van der Waals surface area contributed by atoms with Gasteiger partial charge in [0, 0.05) is 57.1 Å². The molecule has 1 amide bonds. The molecule has 176 valence electrons. The Hall–Kier alpha value is -2.47. The maximum absolute atomic E-state index is 14.0. The second kappa shape index (κ2) is 9.05. The van der Waals surface area contributed by atoms with Gasteiger partial charge in [0.05, 0.1) is 5.41 Å². The third kappa shape index (κ3) is 4.14. The van der Waals surface area contributed by atoms with Crippen molar-refractivity contribution < 1.29 is 9.53 Å². The number of ether oxygens (including phenoxy) is 1. The van der Waals surface area contributed by atoms with Gasteiger partial charge in [-0.05, 0) is 57.9 Å². The molecule has 0 spiro atoms. The van der Waals surface area contributed by atoms with E-state index in [1.165, 1.54) is 17.5 Å². The Morgan fingerprint density at radius 2 is 1.85 bits per heavy atom. The van der Waals surface area contributed by atoms with E-state index in [0.29, 0.717) is 19.1 Å². The molecule has 2 saturated heterocycles. The van der Waals surface area contributed by atoms with Gasteiger partial charge in [-0.1, -0.05) is 29.8 Å². The Balaban J connectivity index is 1.34. The van der Waals surface area contributed by atoms with Crippen LogP contribution in [0.25, 0.3) is 0 Å². The molecule has 3 aliphatic heterocycles. The van der Waals surface area contributed by atoms with Crippen molar-refractivity contribution in [1.82, 2.24) is 14.9 Å². The Labute approximate surface area is 197 Å². The standard InChI is InChI=1S/C27H36N4O2/c1-19-6-4-7-22(18-19)27(11-16-33-17-12-27)26(32)31-14-9-21(10-15-31)24-28-20(2)23-8-5-13-30(3)25(23)29-24/h4,6-7,18,21H,5,8-17H2,1-3H3. The van der Waals surface area contributed by atoms with Crippen LogP contribution >= 0.6 is 0 Å². The summed E-state index contributed by atoms with van der Waals surface area (Å²) in [6, 6.07) is 8.50. The molecule has 0 atom stereocenters. The van der Waals surface area contributed by atoms with E-state index < -0.39 is 5.41 Å². The monoisotopic (exact) mass is 448 g/mol. The summed E-state index contributed by atoms with van der Waals surface area (Å²) < 4.78 is 5.66. The predicted octanol–water partition coefficient (Wildman–Crippen LogP) is 3.93. The molecule has 1 aromatic heterocycles. The minimum atomic E-state index is -0.460. The molecule has 0 unspecified atom stereocenters. The summed E-state index contributed by atoms with van der Waals surface area (Å²) >= 11 is 0. The Kier molecular flexibility index (Phi) is 6.12. The van der Waals surface area contributed by atoms with Crippen molar-refractivity contribution in [3.05, 3.63) is 52.5 Å². The summed E-state index contributed by atoms with van der Waals surface area (Å²) in [5.41, 5.74) is 4.32. The van der Waals surface area contributed by atoms with E-state index in [0.717, 1.165) is 74.6 Å². The number of aryl methyl sites for hydroxylation is 2. The van der Waals surface area contributed by atoms with E-state index in [2.05, 4.69) is 55.0 Å². The maximum atomic E-state index is 14.0. The third-order valence-electron chi connectivity index (χ3n) is 7.96. The molecule has 3 aliphatic rings. The van der Waals surface area contributed by atoms with Gasteiger partial charge >= 0.3 is 0 Å². The topological polar surface area (TPSA) is 58.6 Å². The molecule has 5 rings (SSSR count). The van der Waals surface area contributed by atoms with Gasteiger partial charge in [-0.2, -0.15) is 0 Å². The molecule has 4 heterocycles. The van der Waals surface area contributed by atoms with E-state index in [1.807, 2.05) is 0 Å². The number of hydrogen-bond acceptors (Lipinski definition) is 5. The van der Waals surface area contributed by atoms with Crippen LogP contribution in [0, 0.1) is 13.8 Å². The minimum Gasteiger partial charge on any atom is -0.381 e. The van der Waals surface area contributed by atoms with Crippen molar-refractivity contribution in [2.24, 2.45) is 0 Å². The van der Waals surface area contributed by atoms with Crippen LogP contribution in [0.1, 0.15) is 66.2 Å². The number of carbonyl (C=O) groups excluding carboxylic acids is 1. The van der Waals surface area contributed by atoms with Crippen molar-refractivity contribution in [1.29, 1.82) is 0 Å². The lowest BCUT2D eigenvalue weighted by molar-refractivity contribution is -0.142. The zero-order valence-electron chi connectivity index (χ0n) is 20.3. The Bertz CT molecular complexity index is 1020. The van der Waals surface area contributed by atoms with E-state index in [-0.39, 0.29) is 5.91 Å². The molecule has 0 N–H and O–H groups in total. The first-order chi connectivity index (χ1) is 16.0. The lowest BCUT2D eigenvalue weighted by Crippen LogP contribution is -2.52. The first-order valence-electron chi connectivity index (χ1n) is 12.5. The number of piperidine rings is 1. The van der Waals surface area contributed by atoms with Crippen LogP contribution in [0.15, 0.2) is 24.3 Å². The van der Waals surface area contributed by atoms with Gasteiger partial charge in [-0.15, -0.1) is 0 Å². The van der Waals surface area contributed by atoms with E-state index in [1.54, 1.807) is 0 Å². The zero-order valence-corrected chi connectivity index (χ0v) is 20.3. The smallest absolute Gasteiger partial charge is 0.233 e. The molecule has 33 heavy (non-hydrogen) atoms. The first-order valence-corrected chi connectivity index (χ1v) is 12.5. The van der Waals surface area contributed by atoms with Crippen LogP contribution in [-0.2, 0) is 21.4 Å². The summed E-state index contributed by atoms with van der Waals surface area (Å²) in [5, 5.41) is 0. The minimum absolute atomic E-state index is 0.275. The fourth-order valence-corrected chi connectivity index (χ4v) is 5.92. The van der Waals surface area contributed by atoms with Crippen molar-refractivity contribution in [3.63, 3.8) is 0 Å². The van der Waals surface area contributed by atoms with Crippen LogP contribution in [-0.4, -0.2) is 60.7 Å². The lowest BCUT2D eigenvalue weighted by atomic mass is 9.72. The number of hydrogen-bond donors (Lipinski definition) is 0. The van der Waals surface area contributed by atoms with E-state index in [9.17, 15) is 4.79 Å². The lowest BCUT2D eigenvalue weighted by Gasteiger charge is -2.42. The van der Waals surface area contributed by atoms with Crippen LogP contribution < -0.4 is 4.90 Å². The number of benzene rings is 1. The molecule has 6 nitrogen and oxygen atoms in total. The Morgan fingerprint density at radius 3 is 2.58 bits per heavy atom. The number of amides is 1. The average molecular weight is 449 g/mol. The van der Waals surface area contributed by atoms with Gasteiger partial charge in [0.25, 0.3) is 0 Å². The van der Waals surface area contributed by atoms with Crippen molar-refractivity contribution in [2.75, 3.05) is 44.8 Å². The van der Waals surface area contributed by atoms with Crippen molar-refractivity contribution >= 4 is 11.7 Å². The van der Waals surface area contributed by atoms with Crippen LogP contribution in [0.5, 0.6) is 0 Å². The number of likely N-dealkylation sites (tertiary alicyclic amines) is 1. The summed E-state index contributed by atoms with van der Waals surface area (Å²) in [4.78, 5) is 28.2. The van der Waals surface area contributed by atoms with Gasteiger partial charge in [0.1, 0.15) is 11.6 Å². The summed E-state index contributed by atoms with van der Waals surface area (Å²) in [7, 11) is 2.13. The summed E-state index contributed by atoms with van der Waals surface area (Å²) in [5.74, 6) is 2.67. The highest BCUT2D eigenvalue weighted by atomic mass is 16.5. The first kappa shape index (κ1) is 22.3. The zero-order chi connectivity index (χ0) is 23.0. The molecule has 0 aliphatic carbocycles. The highest BCUT2D eigenvalue weighted by Gasteiger charge is 2.45. The highest BCUT2D eigenvalue weighted by molar-refractivity contribution is 5.88. The van der Waals surface area contributed by atoms with Crippen LogP contribution in [0.3, 0.4) is 0 Å². The number of rotatable bonds is 3. The number of anilines is 1. The van der Waals surface area contributed by atoms with Gasteiger partial charge in [-0.3, -0.25) is 4.79 Å². The van der Waals surface area contributed by atoms with Gasteiger partial charge in [-0.25, -0.2) is 9.97 Å². The average Bonchev–Trinajstić information content (AvgIpc) is 2.85. The quantitative estimate of drug-likeness (QED) is 0.712. The van der Waals surface area contributed by atoms with Crippen molar-refractivity contribution in [3.8, 4) is 0 Å². The summed E-state index contributed by atoms with van der Waals surface area (Å²) in [6.07, 6.45) is 5.61. The maximum Gasteiger partial charge on any atom is 0.233 e. The van der Waals surface area contributed by atoms with Gasteiger partial charge < -0.3 is 14.5 Å². The second-order valence-electron chi connectivity index (χ2n) is 10.1. The SMILES string of the molecule is Cc1cccc(C2(C(=O)N3CCC(c4nc(C)c5c(n4)N(C)CCC5)CC3)CCOCC2)c1. The summed E-state index contributed by atoms with van der Waals surface area (Å²) in [6.45, 7) is 8.11. The fraction of sp³-hybridized carbons (Fsp3) is 0.593. The second-order valence-corrected chi connectivity index (χ2v) is 10.1. The molecule has 0 saturated carbocycles. The molecule has 2 aromatic rings. The van der Waals surface area contributed by atoms with E-state index in [4.69, 9.17) is 14.7 Å². The van der Waals surface area contributed by atoms with Gasteiger partial charge in [0.2, 0.25) is 5.91 Å². The third-order valence-corrected chi connectivity index (χ3v) is 7.96. The highest BCUT2D eigenvalue weighted by Crippen LogP contribution is 2.39. The largest absolute Gasteiger partial charge is 0.381 e. The molecule has 0 radical (unpaired) electrons. The number of aromatic nitrogens is 2. The molecule has 0 bridgehead atoms. The number of carbonyl (C=O) groups is 1. The fourth-order valence-electron chi connectivity index (χ4n) is 5.92. The predicted molar refractivity (Wildman–Crippen MR) is 130 cm³/mol. The normalized spacial score (nSPS) is 21.1. The number of fused-ring (bicyclic) bond motifs is 1. The van der Waals surface area contributed by atoms with Crippen LogP contribution in [0.4, 0.5) is 5.82 Å².